The minimum absolute atomic E-state index is 0.100. The van der Waals surface area contributed by atoms with E-state index in [0.29, 0.717) is 54.9 Å². The zero-order chi connectivity index (χ0) is 37.8. The summed E-state index contributed by atoms with van der Waals surface area (Å²) >= 11 is 0. The zero-order valence-corrected chi connectivity index (χ0v) is 33.1. The van der Waals surface area contributed by atoms with Crippen molar-refractivity contribution in [3.63, 3.8) is 0 Å². The predicted octanol–water partition coefficient (Wildman–Crippen LogP) is 8.97. The number of ether oxygens (including phenoxy) is 3. The molecule has 1 aromatic rings. The molecular formula is C41H65NO7. The van der Waals surface area contributed by atoms with Gasteiger partial charge in [0.1, 0.15) is 30.3 Å². The van der Waals surface area contributed by atoms with Gasteiger partial charge in [0, 0.05) is 36.2 Å². The molecule has 8 nitrogen and oxygen atoms in total. The molecule has 2 N–H and O–H groups in total. The van der Waals surface area contributed by atoms with E-state index in [0.717, 1.165) is 11.1 Å². The van der Waals surface area contributed by atoms with E-state index in [2.05, 4.69) is 34.6 Å². The van der Waals surface area contributed by atoms with Crippen LogP contribution in [0.25, 0.3) is 0 Å². The summed E-state index contributed by atoms with van der Waals surface area (Å²) < 4.78 is 17.7. The fourth-order valence-corrected chi connectivity index (χ4v) is 5.93. The van der Waals surface area contributed by atoms with Gasteiger partial charge in [-0.25, -0.2) is 9.59 Å². The zero-order valence-electron chi connectivity index (χ0n) is 33.1. The third-order valence-electron chi connectivity index (χ3n) is 9.37. The molecule has 0 bridgehead atoms. The number of benzene rings is 1. The van der Waals surface area contributed by atoms with Crippen LogP contribution < -0.4 is 0 Å². The van der Waals surface area contributed by atoms with Crippen molar-refractivity contribution in [3.8, 4) is 5.75 Å². The van der Waals surface area contributed by atoms with E-state index < -0.39 is 11.6 Å². The molecule has 0 heterocycles. The van der Waals surface area contributed by atoms with Gasteiger partial charge in [-0.2, -0.15) is 0 Å². The Balaban J connectivity index is 2.20. The highest BCUT2D eigenvalue weighted by molar-refractivity contribution is 5.93. The Hall–Kier alpha value is -3.10. The molecule has 0 saturated heterocycles. The SMILES string of the molecule is CC/C(=C(/O)C(C)(C)OCCN(CCOC(=O)C1=CC(C)(C)C(C)=C1)CCOC(=O)c1cc(C(C)(C)C)c(O)c(C(C)(C)C)c1)C(C)(C)C. The molecule has 0 aromatic heterocycles. The summed E-state index contributed by atoms with van der Waals surface area (Å²) in [6, 6.07) is 3.44. The number of esters is 2. The first-order chi connectivity index (χ1) is 22.2. The van der Waals surface area contributed by atoms with E-state index in [9.17, 15) is 19.8 Å². The number of rotatable bonds is 14. The maximum atomic E-state index is 13.4. The van der Waals surface area contributed by atoms with Crippen LogP contribution in [0.1, 0.15) is 132 Å². The van der Waals surface area contributed by atoms with Crippen molar-refractivity contribution in [2.24, 2.45) is 10.8 Å². The maximum Gasteiger partial charge on any atom is 0.338 e. The van der Waals surface area contributed by atoms with Crippen LogP contribution >= 0.6 is 0 Å². The van der Waals surface area contributed by atoms with E-state index in [-0.39, 0.29) is 52.4 Å². The number of hydrogen-bond acceptors (Lipinski definition) is 8. The standard InChI is InChI=1S/C41H65NO7/c1-16-30(37(3,4)5)34(44)41(14,15)49-22-19-42(18-21-48-36(46)29-23-27(2)40(12,13)26-29)17-20-47-35(45)28-24-31(38(6,7)8)33(43)32(25-28)39(9,10)11/h23-26,43-44H,16-22H2,1-15H3/b34-30-. The smallest absolute Gasteiger partial charge is 0.338 e. The molecule has 1 aliphatic carbocycles. The number of phenols is 1. The minimum Gasteiger partial charge on any atom is -0.509 e. The van der Waals surface area contributed by atoms with Crippen LogP contribution in [0.15, 0.2) is 46.8 Å². The average molecular weight is 684 g/mol. The summed E-state index contributed by atoms with van der Waals surface area (Å²) in [5.74, 6) is -0.389. The second-order valence-electron chi connectivity index (χ2n) is 17.5. The van der Waals surface area contributed by atoms with E-state index in [1.54, 1.807) is 12.1 Å². The molecule has 276 valence electrons. The monoisotopic (exact) mass is 683 g/mol. The highest BCUT2D eigenvalue weighted by Gasteiger charge is 2.32. The maximum absolute atomic E-state index is 13.4. The number of aromatic hydroxyl groups is 1. The van der Waals surface area contributed by atoms with Crippen molar-refractivity contribution in [3.05, 3.63) is 63.5 Å². The normalized spacial score (nSPS) is 15.9. The molecule has 2 rings (SSSR count). The molecule has 0 saturated carbocycles. The van der Waals surface area contributed by atoms with E-state index in [1.807, 2.05) is 86.3 Å². The predicted molar refractivity (Wildman–Crippen MR) is 198 cm³/mol. The fourth-order valence-electron chi connectivity index (χ4n) is 5.93. The van der Waals surface area contributed by atoms with Gasteiger partial charge in [-0.1, -0.05) is 94.7 Å². The first-order valence-electron chi connectivity index (χ1n) is 17.7. The van der Waals surface area contributed by atoms with Gasteiger partial charge in [-0.05, 0) is 67.2 Å². The van der Waals surface area contributed by atoms with Crippen LogP contribution in [0.2, 0.25) is 0 Å². The second-order valence-corrected chi connectivity index (χ2v) is 17.5. The van der Waals surface area contributed by atoms with Crippen molar-refractivity contribution in [1.82, 2.24) is 4.90 Å². The molecule has 0 fully saturated rings. The quantitative estimate of drug-likeness (QED) is 0.148. The second kappa shape index (κ2) is 15.8. The molecule has 1 aliphatic rings. The minimum atomic E-state index is -0.899. The number of phenolic OH excluding ortho intramolecular Hbond substituents is 1. The molecule has 0 amide bonds. The van der Waals surface area contributed by atoms with Crippen LogP contribution in [-0.2, 0) is 29.8 Å². The Morgan fingerprint density at radius 1 is 0.796 bits per heavy atom. The van der Waals surface area contributed by atoms with Gasteiger partial charge in [-0.3, -0.25) is 4.90 Å². The van der Waals surface area contributed by atoms with E-state index in [1.165, 1.54) is 0 Å². The Labute approximate surface area is 296 Å². The first-order valence-corrected chi connectivity index (χ1v) is 17.7. The summed E-state index contributed by atoms with van der Waals surface area (Å²) in [4.78, 5) is 28.2. The van der Waals surface area contributed by atoms with Crippen molar-refractivity contribution >= 4 is 11.9 Å². The lowest BCUT2D eigenvalue weighted by molar-refractivity contribution is -0.139. The average Bonchev–Trinajstić information content (AvgIpc) is 3.22. The van der Waals surface area contributed by atoms with Crippen molar-refractivity contribution in [1.29, 1.82) is 0 Å². The summed E-state index contributed by atoms with van der Waals surface area (Å²) in [7, 11) is 0. The van der Waals surface area contributed by atoms with Gasteiger partial charge in [0.05, 0.1) is 17.7 Å². The van der Waals surface area contributed by atoms with Crippen molar-refractivity contribution in [2.75, 3.05) is 39.5 Å². The fraction of sp³-hybridized carbons (Fsp3) is 0.659. The van der Waals surface area contributed by atoms with Gasteiger partial charge in [0.15, 0.2) is 0 Å². The molecule has 0 atom stereocenters. The van der Waals surface area contributed by atoms with Crippen molar-refractivity contribution in [2.45, 2.75) is 127 Å². The first kappa shape index (κ1) is 42.1. The highest BCUT2D eigenvalue weighted by atomic mass is 16.5. The Bertz CT molecular complexity index is 1400. The number of carbonyl (C=O) groups excluding carboxylic acids is 2. The highest BCUT2D eigenvalue weighted by Crippen LogP contribution is 2.40. The van der Waals surface area contributed by atoms with Crippen molar-refractivity contribution < 1.29 is 34.0 Å². The summed E-state index contributed by atoms with van der Waals surface area (Å²) in [5, 5.41) is 22.2. The van der Waals surface area contributed by atoms with Gasteiger partial charge >= 0.3 is 11.9 Å². The van der Waals surface area contributed by atoms with Gasteiger partial charge in [0.2, 0.25) is 0 Å². The molecule has 0 spiro atoms. The van der Waals surface area contributed by atoms with E-state index >= 15 is 0 Å². The largest absolute Gasteiger partial charge is 0.509 e. The summed E-state index contributed by atoms with van der Waals surface area (Å²) in [6.45, 7) is 31.9. The van der Waals surface area contributed by atoms with Gasteiger partial charge in [-0.15, -0.1) is 0 Å². The van der Waals surface area contributed by atoms with E-state index in [4.69, 9.17) is 14.2 Å². The number of aliphatic hydroxyl groups is 1. The molecular weight excluding hydrogens is 618 g/mol. The van der Waals surface area contributed by atoms with Crippen LogP contribution in [0.3, 0.4) is 0 Å². The van der Waals surface area contributed by atoms with Gasteiger partial charge in [0.25, 0.3) is 0 Å². The van der Waals surface area contributed by atoms with Crippen LogP contribution in [-0.4, -0.2) is 72.1 Å². The number of carbonyl (C=O) groups is 2. The molecule has 1 aromatic carbocycles. The lowest BCUT2D eigenvalue weighted by atomic mass is 9.78. The topological polar surface area (TPSA) is 106 Å². The molecule has 8 heteroatoms. The van der Waals surface area contributed by atoms with Crippen LogP contribution in [0.4, 0.5) is 0 Å². The molecule has 0 aliphatic heterocycles. The molecule has 49 heavy (non-hydrogen) atoms. The number of aliphatic hydroxyl groups excluding tert-OH is 1. The Morgan fingerprint density at radius 2 is 1.27 bits per heavy atom. The number of allylic oxidation sites excluding steroid dienone is 3. The number of hydrogen-bond donors (Lipinski definition) is 2. The Kier molecular flexibility index (Phi) is 13.6. The van der Waals surface area contributed by atoms with Crippen LogP contribution in [0.5, 0.6) is 5.75 Å². The van der Waals surface area contributed by atoms with Crippen LogP contribution in [0, 0.1) is 10.8 Å². The third kappa shape index (κ3) is 11.5. The summed E-state index contributed by atoms with van der Waals surface area (Å²) in [6.07, 6.45) is 4.51. The third-order valence-corrected chi connectivity index (χ3v) is 9.37. The lowest BCUT2D eigenvalue weighted by Gasteiger charge is -2.32. The Morgan fingerprint density at radius 3 is 1.67 bits per heavy atom. The molecule has 0 unspecified atom stereocenters. The molecule has 0 radical (unpaired) electrons. The van der Waals surface area contributed by atoms with Gasteiger partial charge < -0.3 is 24.4 Å². The summed E-state index contributed by atoms with van der Waals surface area (Å²) in [5.41, 5.74) is 2.34. The lowest BCUT2D eigenvalue weighted by Crippen LogP contribution is -2.38. The number of nitrogens with zero attached hydrogens (tertiary/aromatic N) is 1.